The highest BCUT2D eigenvalue weighted by Gasteiger charge is 2.14. The van der Waals surface area contributed by atoms with Gasteiger partial charge in [0.15, 0.2) is 0 Å². The van der Waals surface area contributed by atoms with Gasteiger partial charge in [0.2, 0.25) is 0 Å². The van der Waals surface area contributed by atoms with Crippen molar-refractivity contribution in [1.29, 1.82) is 0 Å². The lowest BCUT2D eigenvalue weighted by Gasteiger charge is -2.08. The van der Waals surface area contributed by atoms with E-state index in [1.54, 1.807) is 38.1 Å². The normalized spacial score (nSPS) is 11.8. The molecule has 0 aliphatic heterocycles. The highest BCUT2D eigenvalue weighted by atomic mass is 16.6. The van der Waals surface area contributed by atoms with Crippen molar-refractivity contribution in [2.24, 2.45) is 0 Å². The highest BCUT2D eigenvalue weighted by molar-refractivity contribution is 6.04. The molecule has 0 bridgehead atoms. The second-order valence-electron chi connectivity index (χ2n) is 5.01. The summed E-state index contributed by atoms with van der Waals surface area (Å²) in [5.41, 5.74) is 2.11. The van der Waals surface area contributed by atoms with E-state index in [1.807, 2.05) is 0 Å². The van der Waals surface area contributed by atoms with Crippen LogP contribution in [0, 0.1) is 17.0 Å². The van der Waals surface area contributed by atoms with Gasteiger partial charge in [-0.25, -0.2) is 0 Å². The predicted octanol–water partition coefficient (Wildman–Crippen LogP) is 3.21. The molecule has 114 valence electrons. The predicted molar refractivity (Wildman–Crippen MR) is 82.9 cm³/mol. The van der Waals surface area contributed by atoms with Crippen molar-refractivity contribution in [3.05, 3.63) is 69.3 Å². The fourth-order valence-corrected chi connectivity index (χ4v) is 2.05. The summed E-state index contributed by atoms with van der Waals surface area (Å²) in [7, 11) is 0. The van der Waals surface area contributed by atoms with Crippen LogP contribution >= 0.6 is 0 Å². The average molecular weight is 300 g/mol. The number of rotatable bonds is 4. The van der Waals surface area contributed by atoms with E-state index in [9.17, 15) is 20.0 Å². The van der Waals surface area contributed by atoms with E-state index in [4.69, 9.17) is 0 Å². The van der Waals surface area contributed by atoms with E-state index >= 15 is 0 Å². The number of nitrogens with zero attached hydrogens (tertiary/aromatic N) is 1. The number of nitro groups is 1. The van der Waals surface area contributed by atoms with E-state index in [1.165, 1.54) is 18.2 Å². The number of amides is 1. The van der Waals surface area contributed by atoms with Crippen LogP contribution in [0.4, 0.5) is 11.4 Å². The van der Waals surface area contributed by atoms with Gasteiger partial charge in [-0.2, -0.15) is 0 Å². The molecule has 6 nitrogen and oxygen atoms in total. The molecule has 2 rings (SSSR count). The molecular formula is C16H16N2O4. The maximum absolute atomic E-state index is 12.1. The van der Waals surface area contributed by atoms with Gasteiger partial charge in [-0.05, 0) is 43.7 Å². The summed E-state index contributed by atoms with van der Waals surface area (Å²) in [5, 5.41) is 22.9. The number of aliphatic hydroxyl groups excluding tert-OH is 1. The molecule has 0 heterocycles. The highest BCUT2D eigenvalue weighted by Crippen LogP contribution is 2.20. The molecule has 22 heavy (non-hydrogen) atoms. The van der Waals surface area contributed by atoms with Gasteiger partial charge in [-0.1, -0.05) is 12.1 Å². The first-order chi connectivity index (χ1) is 10.4. The van der Waals surface area contributed by atoms with Crippen molar-refractivity contribution in [2.45, 2.75) is 20.0 Å². The van der Waals surface area contributed by atoms with Crippen LogP contribution in [-0.4, -0.2) is 15.9 Å². The minimum absolute atomic E-state index is 0.0159. The SMILES string of the molecule is Cc1cc(C(=O)Nc2ccc(C(C)O)cc2)ccc1[N+](=O)[O-]. The van der Waals surface area contributed by atoms with E-state index in [0.717, 1.165) is 5.56 Å². The van der Waals surface area contributed by atoms with Crippen LogP contribution in [0.25, 0.3) is 0 Å². The maximum Gasteiger partial charge on any atom is 0.272 e. The van der Waals surface area contributed by atoms with E-state index < -0.39 is 11.0 Å². The summed E-state index contributed by atoms with van der Waals surface area (Å²) in [4.78, 5) is 22.4. The third kappa shape index (κ3) is 3.48. The molecule has 2 N–H and O–H groups in total. The number of benzene rings is 2. The first-order valence-electron chi connectivity index (χ1n) is 6.73. The molecule has 0 spiro atoms. The zero-order valence-electron chi connectivity index (χ0n) is 12.2. The average Bonchev–Trinajstić information content (AvgIpc) is 2.47. The van der Waals surface area contributed by atoms with Gasteiger partial charge in [-0.15, -0.1) is 0 Å². The minimum Gasteiger partial charge on any atom is -0.389 e. The Balaban J connectivity index is 2.15. The van der Waals surface area contributed by atoms with Crippen molar-refractivity contribution >= 4 is 17.3 Å². The zero-order chi connectivity index (χ0) is 16.3. The maximum atomic E-state index is 12.1. The molecular weight excluding hydrogens is 284 g/mol. The summed E-state index contributed by atoms with van der Waals surface area (Å²) in [6, 6.07) is 11.1. The lowest BCUT2D eigenvalue weighted by Crippen LogP contribution is -2.12. The van der Waals surface area contributed by atoms with Crippen molar-refractivity contribution in [3.63, 3.8) is 0 Å². The molecule has 0 saturated heterocycles. The summed E-state index contributed by atoms with van der Waals surface area (Å²) in [6.07, 6.45) is -0.568. The molecule has 0 aliphatic carbocycles. The molecule has 0 fully saturated rings. The number of hydrogen-bond acceptors (Lipinski definition) is 4. The number of carbonyl (C=O) groups excluding carboxylic acids is 1. The lowest BCUT2D eigenvalue weighted by atomic mass is 10.1. The molecule has 2 aromatic carbocycles. The van der Waals surface area contributed by atoms with Crippen LogP contribution in [-0.2, 0) is 0 Å². The Bertz CT molecular complexity index is 709. The summed E-state index contributed by atoms with van der Waals surface area (Å²) < 4.78 is 0. The monoisotopic (exact) mass is 300 g/mol. The molecule has 2 aromatic rings. The van der Waals surface area contributed by atoms with Gasteiger partial charge in [-0.3, -0.25) is 14.9 Å². The fraction of sp³-hybridized carbons (Fsp3) is 0.188. The van der Waals surface area contributed by atoms with Crippen LogP contribution < -0.4 is 5.32 Å². The first-order valence-corrected chi connectivity index (χ1v) is 6.73. The van der Waals surface area contributed by atoms with Gasteiger partial charge in [0.25, 0.3) is 11.6 Å². The number of nitro benzene ring substituents is 1. The Morgan fingerprint density at radius 1 is 1.23 bits per heavy atom. The van der Waals surface area contributed by atoms with Crippen molar-refractivity contribution in [3.8, 4) is 0 Å². The lowest BCUT2D eigenvalue weighted by molar-refractivity contribution is -0.385. The van der Waals surface area contributed by atoms with Crippen LogP contribution in [0.2, 0.25) is 0 Å². The molecule has 1 amide bonds. The second kappa shape index (κ2) is 6.36. The molecule has 0 aromatic heterocycles. The molecule has 0 aliphatic rings. The number of aryl methyl sites for hydroxylation is 1. The van der Waals surface area contributed by atoms with Crippen LogP contribution in [0.5, 0.6) is 0 Å². The topological polar surface area (TPSA) is 92.5 Å². The van der Waals surface area contributed by atoms with Crippen LogP contribution in [0.1, 0.15) is 34.5 Å². The number of carbonyl (C=O) groups is 1. The Morgan fingerprint density at radius 2 is 1.86 bits per heavy atom. The summed E-state index contributed by atoms with van der Waals surface area (Å²) in [6.45, 7) is 3.25. The molecule has 0 radical (unpaired) electrons. The second-order valence-corrected chi connectivity index (χ2v) is 5.01. The third-order valence-electron chi connectivity index (χ3n) is 3.31. The minimum atomic E-state index is -0.568. The Labute approximate surface area is 127 Å². The Morgan fingerprint density at radius 3 is 2.36 bits per heavy atom. The van der Waals surface area contributed by atoms with Gasteiger partial charge in [0, 0.05) is 22.9 Å². The van der Waals surface area contributed by atoms with Gasteiger partial charge >= 0.3 is 0 Å². The number of nitrogens with one attached hydrogen (secondary N) is 1. The van der Waals surface area contributed by atoms with Crippen molar-refractivity contribution < 1.29 is 14.8 Å². The quantitative estimate of drug-likeness (QED) is 0.670. The molecule has 0 saturated carbocycles. The molecule has 6 heteroatoms. The summed E-state index contributed by atoms with van der Waals surface area (Å²) >= 11 is 0. The smallest absolute Gasteiger partial charge is 0.272 e. The van der Waals surface area contributed by atoms with Crippen molar-refractivity contribution in [2.75, 3.05) is 5.32 Å². The van der Waals surface area contributed by atoms with E-state index in [2.05, 4.69) is 5.32 Å². The zero-order valence-corrected chi connectivity index (χ0v) is 12.2. The Kier molecular flexibility index (Phi) is 4.53. The molecule has 1 unspecified atom stereocenters. The number of aliphatic hydroxyl groups is 1. The van der Waals surface area contributed by atoms with Crippen LogP contribution in [0.15, 0.2) is 42.5 Å². The first kappa shape index (κ1) is 15.7. The Hall–Kier alpha value is -2.73. The fourth-order valence-electron chi connectivity index (χ4n) is 2.05. The van der Waals surface area contributed by atoms with Gasteiger partial charge in [0.05, 0.1) is 11.0 Å². The molecule has 1 atom stereocenters. The number of anilines is 1. The van der Waals surface area contributed by atoms with Crippen molar-refractivity contribution in [1.82, 2.24) is 0 Å². The summed E-state index contributed by atoms with van der Waals surface area (Å²) in [5.74, 6) is -0.345. The van der Waals surface area contributed by atoms with E-state index in [0.29, 0.717) is 16.8 Å². The van der Waals surface area contributed by atoms with Gasteiger partial charge < -0.3 is 10.4 Å². The van der Waals surface area contributed by atoms with Gasteiger partial charge in [0.1, 0.15) is 0 Å². The van der Waals surface area contributed by atoms with Crippen LogP contribution in [0.3, 0.4) is 0 Å². The standard InChI is InChI=1S/C16H16N2O4/c1-10-9-13(5-8-15(10)18(21)22)16(20)17-14-6-3-12(4-7-14)11(2)19/h3-9,11,19H,1-2H3,(H,17,20). The van der Waals surface area contributed by atoms with E-state index in [-0.39, 0.29) is 11.6 Å². The third-order valence-corrected chi connectivity index (χ3v) is 3.31. The largest absolute Gasteiger partial charge is 0.389 e. The number of hydrogen-bond donors (Lipinski definition) is 2.